The van der Waals surface area contributed by atoms with Crippen LogP contribution in [0.4, 0.5) is 0 Å². The summed E-state index contributed by atoms with van der Waals surface area (Å²) < 4.78 is 1.76. The Labute approximate surface area is 71.6 Å². The maximum atomic E-state index is 4.05. The van der Waals surface area contributed by atoms with Gasteiger partial charge >= 0.3 is 0 Å². The molecule has 64 valence electrons. The minimum Gasteiger partial charge on any atom is -0.280 e. The van der Waals surface area contributed by atoms with Crippen LogP contribution in [-0.4, -0.2) is 22.5 Å². The summed E-state index contributed by atoms with van der Waals surface area (Å²) in [5.41, 5.74) is 3.02. The summed E-state index contributed by atoms with van der Waals surface area (Å²) >= 11 is 0. The Balaban J connectivity index is 2.81. The van der Waals surface area contributed by atoms with E-state index in [0.717, 1.165) is 11.7 Å². The lowest BCUT2D eigenvalue weighted by atomic mass is 10.6. The zero-order chi connectivity index (χ0) is 8.97. The predicted molar refractivity (Wildman–Crippen MR) is 50.7 cm³/mol. The molecule has 0 unspecified atom stereocenters. The molecule has 1 aromatic rings. The minimum absolute atomic E-state index is 0.776. The van der Waals surface area contributed by atoms with Crippen molar-refractivity contribution in [3.05, 3.63) is 24.8 Å². The van der Waals surface area contributed by atoms with Gasteiger partial charge in [-0.2, -0.15) is 0 Å². The van der Waals surface area contributed by atoms with Crippen molar-refractivity contribution in [3.8, 4) is 0 Å². The SMILES string of the molecule is C=Cc1nccn1NC(C)=NC. The highest BCUT2D eigenvalue weighted by Crippen LogP contribution is 1.95. The molecule has 4 heteroatoms. The zero-order valence-corrected chi connectivity index (χ0v) is 7.28. The average molecular weight is 164 g/mol. The van der Waals surface area contributed by atoms with E-state index in [2.05, 4.69) is 22.0 Å². The van der Waals surface area contributed by atoms with Gasteiger partial charge < -0.3 is 0 Å². The van der Waals surface area contributed by atoms with E-state index in [1.54, 1.807) is 24.0 Å². The fraction of sp³-hybridized carbons (Fsp3) is 0.250. The average Bonchev–Trinajstić information content (AvgIpc) is 2.51. The molecule has 4 nitrogen and oxygen atoms in total. The van der Waals surface area contributed by atoms with Gasteiger partial charge in [0.1, 0.15) is 5.84 Å². The van der Waals surface area contributed by atoms with Gasteiger partial charge in [0, 0.05) is 19.4 Å². The Morgan fingerprint density at radius 3 is 3.17 bits per heavy atom. The predicted octanol–water partition coefficient (Wildman–Crippen LogP) is 1.12. The monoisotopic (exact) mass is 164 g/mol. The molecule has 0 spiro atoms. The van der Waals surface area contributed by atoms with E-state index in [4.69, 9.17) is 0 Å². The third kappa shape index (κ3) is 1.72. The summed E-state index contributed by atoms with van der Waals surface area (Å²) in [5, 5.41) is 0. The molecular weight excluding hydrogens is 152 g/mol. The van der Waals surface area contributed by atoms with E-state index in [9.17, 15) is 0 Å². The van der Waals surface area contributed by atoms with E-state index in [0.29, 0.717) is 0 Å². The number of aromatic nitrogens is 2. The van der Waals surface area contributed by atoms with E-state index < -0.39 is 0 Å². The number of rotatable bonds is 2. The lowest BCUT2D eigenvalue weighted by Crippen LogP contribution is -2.20. The van der Waals surface area contributed by atoms with Crippen molar-refractivity contribution in [2.75, 3.05) is 12.5 Å². The first-order valence-electron chi connectivity index (χ1n) is 3.64. The van der Waals surface area contributed by atoms with Crippen LogP contribution in [0.5, 0.6) is 0 Å². The summed E-state index contributed by atoms with van der Waals surface area (Å²) in [7, 11) is 1.73. The Bertz CT molecular complexity index is 298. The van der Waals surface area contributed by atoms with Crippen molar-refractivity contribution in [3.63, 3.8) is 0 Å². The summed E-state index contributed by atoms with van der Waals surface area (Å²) in [6.45, 7) is 5.52. The number of imidazole rings is 1. The van der Waals surface area contributed by atoms with Crippen LogP contribution in [0.2, 0.25) is 0 Å². The first kappa shape index (κ1) is 8.52. The fourth-order valence-electron chi connectivity index (χ4n) is 0.785. The molecule has 0 radical (unpaired) electrons. The van der Waals surface area contributed by atoms with Crippen LogP contribution in [0.3, 0.4) is 0 Å². The highest BCUT2D eigenvalue weighted by molar-refractivity contribution is 5.86. The first-order valence-corrected chi connectivity index (χ1v) is 3.64. The van der Waals surface area contributed by atoms with Crippen LogP contribution in [0.15, 0.2) is 24.0 Å². The van der Waals surface area contributed by atoms with Gasteiger partial charge in [0.2, 0.25) is 0 Å². The Hall–Kier alpha value is -1.58. The summed E-state index contributed by atoms with van der Waals surface area (Å²) in [6.07, 6.45) is 5.19. The molecule has 0 aliphatic heterocycles. The zero-order valence-electron chi connectivity index (χ0n) is 7.28. The van der Waals surface area contributed by atoms with Crippen LogP contribution in [0.25, 0.3) is 6.08 Å². The molecule has 1 heterocycles. The van der Waals surface area contributed by atoms with Crippen LogP contribution in [0, 0.1) is 0 Å². The molecule has 1 N–H and O–H groups in total. The van der Waals surface area contributed by atoms with E-state index in [-0.39, 0.29) is 0 Å². The first-order chi connectivity index (χ1) is 5.77. The second-order valence-electron chi connectivity index (χ2n) is 2.28. The second kappa shape index (κ2) is 3.71. The third-order valence-corrected chi connectivity index (χ3v) is 1.47. The largest absolute Gasteiger partial charge is 0.280 e. The molecule has 0 aliphatic rings. The van der Waals surface area contributed by atoms with Gasteiger partial charge in [0.05, 0.1) is 0 Å². The van der Waals surface area contributed by atoms with Gasteiger partial charge in [0.15, 0.2) is 5.82 Å². The van der Waals surface area contributed by atoms with Crippen molar-refractivity contribution >= 4 is 11.9 Å². The van der Waals surface area contributed by atoms with Gasteiger partial charge in [-0.25, -0.2) is 9.66 Å². The topological polar surface area (TPSA) is 42.2 Å². The lowest BCUT2D eigenvalue weighted by molar-refractivity contribution is 0.949. The summed E-state index contributed by atoms with van der Waals surface area (Å²) in [4.78, 5) is 8.01. The standard InChI is InChI=1S/C8H12N4/c1-4-8-10-5-6-12(8)11-7(2)9-3/h4-6H,1H2,2-3H3,(H,9,11). The second-order valence-corrected chi connectivity index (χ2v) is 2.28. The van der Waals surface area contributed by atoms with Gasteiger partial charge in [0.25, 0.3) is 0 Å². The van der Waals surface area contributed by atoms with Crippen molar-refractivity contribution in [1.29, 1.82) is 0 Å². The van der Waals surface area contributed by atoms with Crippen molar-refractivity contribution in [2.24, 2.45) is 4.99 Å². The number of aliphatic imine (C=N–C) groups is 1. The van der Waals surface area contributed by atoms with Gasteiger partial charge in [-0.3, -0.25) is 10.4 Å². The normalized spacial score (nSPS) is 11.3. The highest BCUT2D eigenvalue weighted by Gasteiger charge is 1.96. The summed E-state index contributed by atoms with van der Waals surface area (Å²) in [5.74, 6) is 1.61. The van der Waals surface area contributed by atoms with E-state index >= 15 is 0 Å². The van der Waals surface area contributed by atoms with Crippen LogP contribution in [-0.2, 0) is 0 Å². The highest BCUT2D eigenvalue weighted by atomic mass is 15.4. The third-order valence-electron chi connectivity index (χ3n) is 1.47. The number of amidine groups is 1. The molecule has 0 bridgehead atoms. The molecule has 0 saturated carbocycles. The molecule has 0 saturated heterocycles. The summed E-state index contributed by atoms with van der Waals surface area (Å²) in [6, 6.07) is 0. The molecular formula is C8H12N4. The van der Waals surface area contributed by atoms with Crippen molar-refractivity contribution in [1.82, 2.24) is 9.66 Å². The van der Waals surface area contributed by atoms with Crippen molar-refractivity contribution in [2.45, 2.75) is 6.92 Å². The van der Waals surface area contributed by atoms with Crippen LogP contribution < -0.4 is 5.43 Å². The maximum absolute atomic E-state index is 4.05. The lowest BCUT2D eigenvalue weighted by Gasteiger charge is -2.06. The number of hydrogen-bond donors (Lipinski definition) is 1. The van der Waals surface area contributed by atoms with Gasteiger partial charge in [-0.05, 0) is 13.0 Å². The Morgan fingerprint density at radius 2 is 2.58 bits per heavy atom. The molecule has 0 amide bonds. The fourth-order valence-corrected chi connectivity index (χ4v) is 0.785. The van der Waals surface area contributed by atoms with Gasteiger partial charge in [-0.15, -0.1) is 0 Å². The molecule has 1 aromatic heterocycles. The maximum Gasteiger partial charge on any atom is 0.150 e. The number of nitrogens with one attached hydrogen (secondary N) is 1. The van der Waals surface area contributed by atoms with Crippen molar-refractivity contribution < 1.29 is 0 Å². The smallest absolute Gasteiger partial charge is 0.150 e. The number of nitrogens with zero attached hydrogens (tertiary/aromatic N) is 3. The minimum atomic E-state index is 0.776. The van der Waals surface area contributed by atoms with E-state index in [1.165, 1.54) is 0 Å². The molecule has 0 aromatic carbocycles. The van der Waals surface area contributed by atoms with Crippen LogP contribution in [0.1, 0.15) is 12.7 Å². The van der Waals surface area contributed by atoms with Gasteiger partial charge in [-0.1, -0.05) is 6.58 Å². The molecule has 0 fully saturated rings. The van der Waals surface area contributed by atoms with E-state index in [1.807, 2.05) is 13.1 Å². The quantitative estimate of drug-likeness (QED) is 0.525. The molecule has 0 atom stereocenters. The Kier molecular flexibility index (Phi) is 2.63. The molecule has 0 aliphatic carbocycles. The van der Waals surface area contributed by atoms with Crippen LogP contribution >= 0.6 is 0 Å². The number of hydrogen-bond acceptors (Lipinski definition) is 2. The Morgan fingerprint density at radius 1 is 1.83 bits per heavy atom. The molecule has 12 heavy (non-hydrogen) atoms. The molecule has 1 rings (SSSR count).